The fraction of sp³-hybridized carbons (Fsp3) is 0.882. The first-order chi connectivity index (χ1) is 10.1. The van der Waals surface area contributed by atoms with Gasteiger partial charge in [0.2, 0.25) is 11.8 Å². The third kappa shape index (κ3) is 2.82. The van der Waals surface area contributed by atoms with Gasteiger partial charge in [-0.05, 0) is 50.4 Å². The zero-order valence-electron chi connectivity index (χ0n) is 13.4. The van der Waals surface area contributed by atoms with Gasteiger partial charge in [0.25, 0.3) is 0 Å². The van der Waals surface area contributed by atoms with E-state index in [0.29, 0.717) is 11.3 Å². The Labute approximate surface area is 127 Å². The molecule has 1 saturated heterocycles. The fourth-order valence-electron chi connectivity index (χ4n) is 4.01. The molecule has 1 aliphatic heterocycles. The molecular weight excluding hydrogens is 264 g/mol. The van der Waals surface area contributed by atoms with Gasteiger partial charge in [0, 0.05) is 6.54 Å². The average molecular weight is 292 g/mol. The van der Waals surface area contributed by atoms with Gasteiger partial charge >= 0.3 is 0 Å². The van der Waals surface area contributed by atoms with E-state index in [0.717, 1.165) is 25.8 Å². The van der Waals surface area contributed by atoms with Gasteiger partial charge in [-0.15, -0.1) is 0 Å². The molecule has 118 valence electrons. The molecule has 2 amide bonds. The van der Waals surface area contributed by atoms with Crippen LogP contribution in [0.2, 0.25) is 0 Å². The summed E-state index contributed by atoms with van der Waals surface area (Å²) in [7, 11) is 0. The number of rotatable bonds is 4. The van der Waals surface area contributed by atoms with E-state index in [-0.39, 0.29) is 23.9 Å². The zero-order valence-corrected chi connectivity index (χ0v) is 13.4. The molecule has 21 heavy (non-hydrogen) atoms. The first kappa shape index (κ1) is 14.9. The van der Waals surface area contributed by atoms with Crippen molar-refractivity contribution in [1.82, 2.24) is 10.2 Å². The molecule has 0 spiro atoms. The molecule has 0 radical (unpaired) electrons. The fourth-order valence-corrected chi connectivity index (χ4v) is 4.01. The van der Waals surface area contributed by atoms with Crippen LogP contribution in [0.25, 0.3) is 0 Å². The Bertz CT molecular complexity index is 425. The minimum atomic E-state index is -0.304. The van der Waals surface area contributed by atoms with Crippen LogP contribution < -0.4 is 5.32 Å². The van der Waals surface area contributed by atoms with E-state index in [1.165, 1.54) is 32.1 Å². The summed E-state index contributed by atoms with van der Waals surface area (Å²) in [6, 6.07) is -0.567. The van der Waals surface area contributed by atoms with Gasteiger partial charge in [-0.2, -0.15) is 0 Å². The number of piperazine rings is 1. The Morgan fingerprint density at radius 3 is 2.43 bits per heavy atom. The molecule has 4 heteroatoms. The topological polar surface area (TPSA) is 49.4 Å². The maximum atomic E-state index is 12.9. The van der Waals surface area contributed by atoms with Crippen molar-refractivity contribution in [3.63, 3.8) is 0 Å². The summed E-state index contributed by atoms with van der Waals surface area (Å²) in [5.74, 6) is 0.563. The largest absolute Gasteiger partial charge is 0.342 e. The minimum Gasteiger partial charge on any atom is -0.342 e. The Morgan fingerprint density at radius 2 is 1.86 bits per heavy atom. The quantitative estimate of drug-likeness (QED) is 0.865. The Morgan fingerprint density at radius 1 is 1.19 bits per heavy atom. The van der Waals surface area contributed by atoms with Crippen molar-refractivity contribution < 1.29 is 9.59 Å². The molecule has 1 heterocycles. The molecule has 0 bridgehead atoms. The van der Waals surface area contributed by atoms with Gasteiger partial charge in [-0.1, -0.05) is 26.2 Å². The highest BCUT2D eigenvalue weighted by Crippen LogP contribution is 2.49. The Hall–Kier alpha value is -1.06. The molecule has 2 saturated carbocycles. The van der Waals surface area contributed by atoms with E-state index in [4.69, 9.17) is 0 Å². The van der Waals surface area contributed by atoms with Crippen LogP contribution >= 0.6 is 0 Å². The number of hydrogen-bond donors (Lipinski definition) is 1. The van der Waals surface area contributed by atoms with Crippen molar-refractivity contribution in [3.8, 4) is 0 Å². The first-order valence-electron chi connectivity index (χ1n) is 8.67. The van der Waals surface area contributed by atoms with Crippen LogP contribution in [0.1, 0.15) is 65.2 Å². The Balaban J connectivity index is 1.74. The third-order valence-corrected chi connectivity index (χ3v) is 6.03. The van der Waals surface area contributed by atoms with Gasteiger partial charge in [-0.3, -0.25) is 9.59 Å². The summed E-state index contributed by atoms with van der Waals surface area (Å²) in [5, 5.41) is 3.01. The second-order valence-corrected chi connectivity index (χ2v) is 7.38. The lowest BCUT2D eigenvalue weighted by Crippen LogP contribution is -2.65. The minimum absolute atomic E-state index is 0.0390. The summed E-state index contributed by atoms with van der Waals surface area (Å²) in [6.07, 6.45) is 9.34. The molecule has 2 aliphatic carbocycles. The van der Waals surface area contributed by atoms with E-state index < -0.39 is 0 Å². The maximum absolute atomic E-state index is 12.9. The van der Waals surface area contributed by atoms with E-state index in [1.54, 1.807) is 0 Å². The van der Waals surface area contributed by atoms with Crippen molar-refractivity contribution in [2.24, 2.45) is 11.3 Å². The summed E-state index contributed by atoms with van der Waals surface area (Å²) >= 11 is 0. The molecule has 0 aromatic carbocycles. The summed E-state index contributed by atoms with van der Waals surface area (Å²) in [5.41, 5.74) is 0.304. The molecule has 2 unspecified atom stereocenters. The number of carbonyl (C=O) groups is 2. The van der Waals surface area contributed by atoms with Crippen LogP contribution in [0.4, 0.5) is 0 Å². The highest BCUT2D eigenvalue weighted by atomic mass is 16.2. The van der Waals surface area contributed by atoms with Gasteiger partial charge < -0.3 is 10.2 Å². The van der Waals surface area contributed by atoms with E-state index in [1.807, 2.05) is 11.8 Å². The van der Waals surface area contributed by atoms with Crippen LogP contribution in [0.3, 0.4) is 0 Å². The second kappa shape index (κ2) is 5.62. The molecular formula is C17H28N2O2. The standard InChI is InChI=1S/C17H28N2O2/c1-3-17(9-10-17)11-19-12(2)15(20)18-14(16(19)21)13-7-5-4-6-8-13/h12-14H,3-11H2,1-2H3,(H,18,20). The monoisotopic (exact) mass is 292 g/mol. The molecule has 2 atom stereocenters. The predicted molar refractivity (Wildman–Crippen MR) is 81.6 cm³/mol. The highest BCUT2D eigenvalue weighted by Gasteiger charge is 2.48. The predicted octanol–water partition coefficient (Wildman–Crippen LogP) is 2.47. The van der Waals surface area contributed by atoms with Crippen molar-refractivity contribution in [2.75, 3.05) is 6.54 Å². The third-order valence-electron chi connectivity index (χ3n) is 6.03. The zero-order chi connectivity index (χ0) is 15.0. The van der Waals surface area contributed by atoms with Crippen molar-refractivity contribution in [3.05, 3.63) is 0 Å². The number of amides is 2. The summed E-state index contributed by atoms with van der Waals surface area (Å²) in [6.45, 7) is 4.85. The van der Waals surface area contributed by atoms with Crippen LogP contribution in [0, 0.1) is 11.3 Å². The molecule has 0 aromatic rings. The Kier molecular flexibility index (Phi) is 3.98. The van der Waals surface area contributed by atoms with Crippen molar-refractivity contribution in [2.45, 2.75) is 77.3 Å². The SMILES string of the molecule is CCC1(CN2C(=O)C(C3CCCCC3)NC(=O)C2C)CC1. The van der Waals surface area contributed by atoms with Crippen molar-refractivity contribution >= 4 is 11.8 Å². The lowest BCUT2D eigenvalue weighted by molar-refractivity contribution is -0.151. The normalized spacial score (nSPS) is 33.0. The summed E-state index contributed by atoms with van der Waals surface area (Å²) in [4.78, 5) is 27.1. The number of carbonyl (C=O) groups excluding carboxylic acids is 2. The number of hydrogen-bond acceptors (Lipinski definition) is 2. The van der Waals surface area contributed by atoms with E-state index in [2.05, 4.69) is 12.2 Å². The van der Waals surface area contributed by atoms with E-state index in [9.17, 15) is 9.59 Å². The van der Waals surface area contributed by atoms with Gasteiger partial charge in [0.05, 0.1) is 0 Å². The molecule has 0 aromatic heterocycles. The lowest BCUT2D eigenvalue weighted by Gasteiger charge is -2.42. The molecule has 4 nitrogen and oxygen atoms in total. The smallest absolute Gasteiger partial charge is 0.246 e. The molecule has 3 rings (SSSR count). The molecule has 3 aliphatic rings. The van der Waals surface area contributed by atoms with Crippen LogP contribution in [-0.2, 0) is 9.59 Å². The number of nitrogens with one attached hydrogen (secondary N) is 1. The second-order valence-electron chi connectivity index (χ2n) is 7.38. The average Bonchev–Trinajstić information content (AvgIpc) is 3.29. The summed E-state index contributed by atoms with van der Waals surface area (Å²) < 4.78 is 0. The number of nitrogens with zero attached hydrogens (tertiary/aromatic N) is 1. The lowest BCUT2D eigenvalue weighted by atomic mass is 9.82. The van der Waals surface area contributed by atoms with Gasteiger partial charge in [0.1, 0.15) is 12.1 Å². The van der Waals surface area contributed by atoms with Gasteiger partial charge in [0.15, 0.2) is 0 Å². The molecule has 3 fully saturated rings. The van der Waals surface area contributed by atoms with Crippen molar-refractivity contribution in [1.29, 1.82) is 0 Å². The maximum Gasteiger partial charge on any atom is 0.246 e. The molecule has 1 N–H and O–H groups in total. The highest BCUT2D eigenvalue weighted by molar-refractivity contribution is 5.97. The van der Waals surface area contributed by atoms with Crippen LogP contribution in [-0.4, -0.2) is 35.3 Å². The van der Waals surface area contributed by atoms with Crippen LogP contribution in [0.15, 0.2) is 0 Å². The first-order valence-corrected chi connectivity index (χ1v) is 8.67. The van der Waals surface area contributed by atoms with Crippen LogP contribution in [0.5, 0.6) is 0 Å². The van der Waals surface area contributed by atoms with Gasteiger partial charge in [-0.25, -0.2) is 0 Å². The van der Waals surface area contributed by atoms with E-state index >= 15 is 0 Å².